The zero-order valence-corrected chi connectivity index (χ0v) is 9.01. The normalized spacial score (nSPS) is 10.4. The maximum Gasteiger partial charge on any atom is 0.243 e. The summed E-state index contributed by atoms with van der Waals surface area (Å²) in [5.74, 6) is 0.196. The number of rotatable bonds is 7. The van der Waals surface area contributed by atoms with E-state index in [-0.39, 0.29) is 11.7 Å². The molecular formula is C11H19NO2. The predicted molar refractivity (Wildman–Crippen MR) is 57.0 cm³/mol. The van der Waals surface area contributed by atoms with Crippen molar-refractivity contribution < 1.29 is 9.59 Å². The SMILES string of the molecule is C/C=C/C(=O)NCCCCCC(C)=O. The summed E-state index contributed by atoms with van der Waals surface area (Å²) in [6.07, 6.45) is 6.74. The highest BCUT2D eigenvalue weighted by atomic mass is 16.1. The smallest absolute Gasteiger partial charge is 0.243 e. The van der Waals surface area contributed by atoms with Gasteiger partial charge >= 0.3 is 0 Å². The minimum absolute atomic E-state index is 0.0425. The second-order valence-electron chi connectivity index (χ2n) is 3.30. The van der Waals surface area contributed by atoms with Crippen LogP contribution >= 0.6 is 0 Å². The lowest BCUT2D eigenvalue weighted by Gasteiger charge is -2.01. The van der Waals surface area contributed by atoms with E-state index in [1.165, 1.54) is 6.08 Å². The van der Waals surface area contributed by atoms with E-state index in [0.717, 1.165) is 19.3 Å². The molecule has 1 N–H and O–H groups in total. The maximum atomic E-state index is 10.9. The highest BCUT2D eigenvalue weighted by molar-refractivity contribution is 5.87. The monoisotopic (exact) mass is 197 g/mol. The van der Waals surface area contributed by atoms with E-state index in [1.807, 2.05) is 6.92 Å². The molecule has 14 heavy (non-hydrogen) atoms. The van der Waals surface area contributed by atoms with Crippen LogP contribution < -0.4 is 5.32 Å². The number of ketones is 1. The van der Waals surface area contributed by atoms with Gasteiger partial charge in [0.1, 0.15) is 5.78 Å². The third kappa shape index (κ3) is 8.97. The number of nitrogens with one attached hydrogen (secondary N) is 1. The largest absolute Gasteiger partial charge is 0.353 e. The highest BCUT2D eigenvalue weighted by Crippen LogP contribution is 1.99. The third-order valence-corrected chi connectivity index (χ3v) is 1.82. The molecule has 80 valence electrons. The van der Waals surface area contributed by atoms with Gasteiger partial charge in [-0.15, -0.1) is 0 Å². The first-order valence-electron chi connectivity index (χ1n) is 5.06. The Balaban J connectivity index is 3.21. The maximum absolute atomic E-state index is 10.9. The molecule has 0 heterocycles. The van der Waals surface area contributed by atoms with Gasteiger partial charge in [-0.2, -0.15) is 0 Å². The molecule has 0 atom stereocenters. The number of carbonyl (C=O) groups is 2. The van der Waals surface area contributed by atoms with Crippen LogP contribution in [0.2, 0.25) is 0 Å². The standard InChI is InChI=1S/C11H19NO2/c1-3-7-11(14)12-9-6-4-5-8-10(2)13/h3,7H,4-6,8-9H2,1-2H3,(H,12,14)/b7-3+. The third-order valence-electron chi connectivity index (χ3n) is 1.82. The first-order chi connectivity index (χ1) is 6.66. The van der Waals surface area contributed by atoms with Crippen LogP contribution in [0, 0.1) is 0 Å². The Hall–Kier alpha value is -1.12. The summed E-state index contributed by atoms with van der Waals surface area (Å²) in [4.78, 5) is 21.5. The number of hydrogen-bond donors (Lipinski definition) is 1. The Kier molecular flexibility index (Phi) is 7.80. The van der Waals surface area contributed by atoms with Crippen molar-refractivity contribution in [2.75, 3.05) is 6.54 Å². The quantitative estimate of drug-likeness (QED) is 0.500. The van der Waals surface area contributed by atoms with Gasteiger partial charge in [-0.25, -0.2) is 0 Å². The summed E-state index contributed by atoms with van der Waals surface area (Å²) in [5.41, 5.74) is 0. The van der Waals surface area contributed by atoms with Crippen molar-refractivity contribution in [1.82, 2.24) is 5.32 Å². The molecule has 0 bridgehead atoms. The van der Waals surface area contributed by atoms with Crippen LogP contribution in [0.4, 0.5) is 0 Å². The van der Waals surface area contributed by atoms with Crippen molar-refractivity contribution in [3.8, 4) is 0 Å². The molecular weight excluding hydrogens is 178 g/mol. The summed E-state index contributed by atoms with van der Waals surface area (Å²) in [5, 5.41) is 2.76. The van der Waals surface area contributed by atoms with Crippen LogP contribution in [0.5, 0.6) is 0 Å². The van der Waals surface area contributed by atoms with Gasteiger partial charge in [-0.1, -0.05) is 12.5 Å². The van der Waals surface area contributed by atoms with Crippen LogP contribution in [0.15, 0.2) is 12.2 Å². The lowest BCUT2D eigenvalue weighted by molar-refractivity contribution is -0.117. The summed E-state index contributed by atoms with van der Waals surface area (Å²) in [7, 11) is 0. The van der Waals surface area contributed by atoms with E-state index in [0.29, 0.717) is 13.0 Å². The number of hydrogen-bond acceptors (Lipinski definition) is 2. The molecule has 0 rings (SSSR count). The molecule has 0 aromatic carbocycles. The summed E-state index contributed by atoms with van der Waals surface area (Å²) in [6, 6.07) is 0. The van der Waals surface area contributed by atoms with Crippen LogP contribution in [0.1, 0.15) is 39.5 Å². The number of carbonyl (C=O) groups excluding carboxylic acids is 2. The molecule has 0 aromatic heterocycles. The lowest BCUT2D eigenvalue weighted by Crippen LogP contribution is -2.21. The van der Waals surface area contributed by atoms with E-state index in [9.17, 15) is 9.59 Å². The molecule has 0 spiro atoms. The zero-order chi connectivity index (χ0) is 10.8. The van der Waals surface area contributed by atoms with E-state index in [4.69, 9.17) is 0 Å². The van der Waals surface area contributed by atoms with Gasteiger partial charge < -0.3 is 10.1 Å². The van der Waals surface area contributed by atoms with E-state index < -0.39 is 0 Å². The topological polar surface area (TPSA) is 46.2 Å². The molecule has 0 aromatic rings. The molecule has 0 saturated heterocycles. The number of amides is 1. The Bertz CT molecular complexity index is 209. The fourth-order valence-electron chi connectivity index (χ4n) is 1.10. The Labute approximate surface area is 85.6 Å². The Morgan fingerprint density at radius 2 is 1.93 bits per heavy atom. The molecule has 0 aliphatic heterocycles. The minimum Gasteiger partial charge on any atom is -0.353 e. The van der Waals surface area contributed by atoms with Gasteiger partial charge in [-0.05, 0) is 32.8 Å². The predicted octanol–water partition coefficient (Wildman–Crippen LogP) is 1.83. The second-order valence-corrected chi connectivity index (χ2v) is 3.30. The van der Waals surface area contributed by atoms with E-state index in [1.54, 1.807) is 13.0 Å². The minimum atomic E-state index is -0.0425. The first-order valence-corrected chi connectivity index (χ1v) is 5.06. The molecule has 0 unspecified atom stereocenters. The van der Waals surface area contributed by atoms with Crippen molar-refractivity contribution in [2.45, 2.75) is 39.5 Å². The average Bonchev–Trinajstić information content (AvgIpc) is 2.11. The summed E-state index contributed by atoms with van der Waals surface area (Å²) >= 11 is 0. The van der Waals surface area contributed by atoms with Gasteiger partial charge in [0.25, 0.3) is 0 Å². The van der Waals surface area contributed by atoms with E-state index >= 15 is 0 Å². The first kappa shape index (κ1) is 12.9. The summed E-state index contributed by atoms with van der Waals surface area (Å²) < 4.78 is 0. The van der Waals surface area contributed by atoms with Crippen LogP contribution in [0.25, 0.3) is 0 Å². The van der Waals surface area contributed by atoms with Crippen molar-refractivity contribution in [3.63, 3.8) is 0 Å². The molecule has 0 saturated carbocycles. The van der Waals surface area contributed by atoms with Crippen molar-refractivity contribution >= 4 is 11.7 Å². The van der Waals surface area contributed by atoms with Crippen molar-refractivity contribution in [2.24, 2.45) is 0 Å². The Morgan fingerprint density at radius 3 is 2.50 bits per heavy atom. The van der Waals surface area contributed by atoms with Crippen LogP contribution in [0.3, 0.4) is 0 Å². The fraction of sp³-hybridized carbons (Fsp3) is 0.636. The zero-order valence-electron chi connectivity index (χ0n) is 9.01. The number of Topliss-reactive ketones (excluding diaryl/α,β-unsaturated/α-hetero) is 1. The van der Waals surface area contributed by atoms with Gasteiger partial charge in [0.15, 0.2) is 0 Å². The number of unbranched alkanes of at least 4 members (excludes halogenated alkanes) is 2. The molecule has 3 nitrogen and oxygen atoms in total. The van der Waals surface area contributed by atoms with Crippen molar-refractivity contribution in [1.29, 1.82) is 0 Å². The molecule has 0 aliphatic carbocycles. The van der Waals surface area contributed by atoms with Crippen LogP contribution in [-0.2, 0) is 9.59 Å². The van der Waals surface area contributed by atoms with Crippen LogP contribution in [-0.4, -0.2) is 18.2 Å². The fourth-order valence-corrected chi connectivity index (χ4v) is 1.10. The average molecular weight is 197 g/mol. The molecule has 1 amide bonds. The van der Waals surface area contributed by atoms with Gasteiger partial charge in [0, 0.05) is 13.0 Å². The molecule has 0 fully saturated rings. The lowest BCUT2D eigenvalue weighted by atomic mass is 10.1. The highest BCUT2D eigenvalue weighted by Gasteiger charge is 1.95. The molecule has 3 heteroatoms. The van der Waals surface area contributed by atoms with E-state index in [2.05, 4.69) is 5.32 Å². The number of allylic oxidation sites excluding steroid dienone is 1. The van der Waals surface area contributed by atoms with Gasteiger partial charge in [0.2, 0.25) is 5.91 Å². The Morgan fingerprint density at radius 1 is 1.21 bits per heavy atom. The van der Waals surface area contributed by atoms with Gasteiger partial charge in [-0.3, -0.25) is 4.79 Å². The van der Waals surface area contributed by atoms with Crippen molar-refractivity contribution in [3.05, 3.63) is 12.2 Å². The molecule has 0 aliphatic rings. The van der Waals surface area contributed by atoms with Gasteiger partial charge in [0.05, 0.1) is 0 Å². The second kappa shape index (κ2) is 8.48. The summed E-state index contributed by atoms with van der Waals surface area (Å²) in [6.45, 7) is 4.11. The molecule has 0 radical (unpaired) electrons.